The fourth-order valence-electron chi connectivity index (χ4n) is 2.71. The molecule has 0 spiro atoms. The smallest absolute Gasteiger partial charge is 0.161 e. The van der Waals surface area contributed by atoms with Gasteiger partial charge in [-0.05, 0) is 23.8 Å². The molecule has 0 aliphatic carbocycles. The van der Waals surface area contributed by atoms with Gasteiger partial charge in [-0.25, -0.2) is 9.97 Å². The number of hydrogen-bond donors (Lipinski definition) is 1. The number of nitrogens with two attached hydrogens (primary N) is 1. The zero-order valence-electron chi connectivity index (χ0n) is 11.1. The van der Waals surface area contributed by atoms with E-state index in [-0.39, 0.29) is 0 Å². The van der Waals surface area contributed by atoms with Crippen molar-refractivity contribution in [3.63, 3.8) is 0 Å². The van der Waals surface area contributed by atoms with E-state index in [1.54, 1.807) is 0 Å². The molecule has 102 valence electrons. The molecular weight excluding hydrogens is 254 g/mol. The highest BCUT2D eigenvalue weighted by atomic mass is 16.5. The Morgan fingerprint density at radius 2 is 2.05 bits per heavy atom. The molecule has 4 rings (SSSR count). The van der Waals surface area contributed by atoms with E-state index in [4.69, 9.17) is 15.2 Å². The number of benzene rings is 1. The summed E-state index contributed by atoms with van der Waals surface area (Å²) in [6.07, 6.45) is 1.74. The molecule has 0 amide bonds. The molecule has 5 heteroatoms. The molecule has 0 fully saturated rings. The van der Waals surface area contributed by atoms with Gasteiger partial charge in [0, 0.05) is 24.0 Å². The first-order chi connectivity index (χ1) is 9.81. The molecule has 0 atom stereocenters. The van der Waals surface area contributed by atoms with Crippen LogP contribution >= 0.6 is 0 Å². The standard InChI is InChI=1S/C15H15N3O2/c16-14-11-8-19-5-4-12(11)17-15(18-14)10-1-2-13-9(7-10)3-6-20-13/h1-2,7H,3-6,8H2,(H2,16,17,18). The molecule has 0 saturated heterocycles. The lowest BCUT2D eigenvalue weighted by atomic mass is 10.1. The number of aromatic nitrogens is 2. The van der Waals surface area contributed by atoms with Crippen molar-refractivity contribution < 1.29 is 9.47 Å². The Morgan fingerprint density at radius 3 is 3.00 bits per heavy atom. The number of anilines is 1. The number of fused-ring (bicyclic) bond motifs is 2. The summed E-state index contributed by atoms with van der Waals surface area (Å²) in [5.74, 6) is 2.19. The van der Waals surface area contributed by atoms with Crippen LogP contribution in [0.5, 0.6) is 5.75 Å². The van der Waals surface area contributed by atoms with Gasteiger partial charge in [0.05, 0.1) is 25.5 Å². The van der Waals surface area contributed by atoms with Crippen molar-refractivity contribution in [3.05, 3.63) is 35.0 Å². The Bertz CT molecular complexity index is 685. The summed E-state index contributed by atoms with van der Waals surface area (Å²) in [4.78, 5) is 9.09. The van der Waals surface area contributed by atoms with Crippen molar-refractivity contribution in [2.45, 2.75) is 19.4 Å². The summed E-state index contributed by atoms with van der Waals surface area (Å²) in [6.45, 7) is 1.96. The second-order valence-electron chi connectivity index (χ2n) is 5.08. The molecule has 0 radical (unpaired) electrons. The fourth-order valence-corrected chi connectivity index (χ4v) is 2.71. The van der Waals surface area contributed by atoms with Gasteiger partial charge in [0.25, 0.3) is 0 Å². The van der Waals surface area contributed by atoms with E-state index in [1.807, 2.05) is 12.1 Å². The van der Waals surface area contributed by atoms with Crippen molar-refractivity contribution in [2.24, 2.45) is 0 Å². The number of nitrogens with zero attached hydrogens (tertiary/aromatic N) is 2. The third-order valence-corrected chi connectivity index (χ3v) is 3.80. The zero-order chi connectivity index (χ0) is 13.5. The van der Waals surface area contributed by atoms with Gasteiger partial charge in [-0.3, -0.25) is 0 Å². The average Bonchev–Trinajstić information content (AvgIpc) is 2.94. The molecule has 2 aromatic rings. The highest BCUT2D eigenvalue weighted by molar-refractivity contribution is 5.62. The zero-order valence-corrected chi connectivity index (χ0v) is 11.1. The van der Waals surface area contributed by atoms with Crippen LogP contribution in [0, 0.1) is 0 Å². The lowest BCUT2D eigenvalue weighted by Gasteiger charge is -2.17. The van der Waals surface area contributed by atoms with Crippen LogP contribution in [0.2, 0.25) is 0 Å². The SMILES string of the molecule is Nc1nc(-c2ccc3c(c2)CCO3)nc2c1COCC2. The summed E-state index contributed by atoms with van der Waals surface area (Å²) < 4.78 is 10.9. The van der Waals surface area contributed by atoms with Gasteiger partial charge in [-0.1, -0.05) is 0 Å². The van der Waals surface area contributed by atoms with E-state index >= 15 is 0 Å². The van der Waals surface area contributed by atoms with Crippen molar-refractivity contribution in [2.75, 3.05) is 18.9 Å². The van der Waals surface area contributed by atoms with Gasteiger partial charge < -0.3 is 15.2 Å². The van der Waals surface area contributed by atoms with Crippen LogP contribution in [0.4, 0.5) is 5.82 Å². The topological polar surface area (TPSA) is 70.3 Å². The molecule has 1 aromatic heterocycles. The Kier molecular flexibility index (Phi) is 2.60. The molecule has 0 saturated carbocycles. The van der Waals surface area contributed by atoms with Crippen molar-refractivity contribution >= 4 is 5.82 Å². The minimum atomic E-state index is 0.513. The van der Waals surface area contributed by atoms with Gasteiger partial charge in [0.2, 0.25) is 0 Å². The Balaban J connectivity index is 1.80. The Hall–Kier alpha value is -2.14. The summed E-state index contributed by atoms with van der Waals surface area (Å²) >= 11 is 0. The van der Waals surface area contributed by atoms with Crippen LogP contribution in [-0.4, -0.2) is 23.2 Å². The highest BCUT2D eigenvalue weighted by Crippen LogP contribution is 2.30. The second-order valence-corrected chi connectivity index (χ2v) is 5.08. The van der Waals surface area contributed by atoms with E-state index in [0.29, 0.717) is 24.9 Å². The van der Waals surface area contributed by atoms with Crippen molar-refractivity contribution in [1.82, 2.24) is 9.97 Å². The first-order valence-electron chi connectivity index (χ1n) is 6.80. The molecule has 5 nitrogen and oxygen atoms in total. The monoisotopic (exact) mass is 269 g/mol. The first kappa shape index (κ1) is 11.7. The Labute approximate surface area is 116 Å². The maximum atomic E-state index is 6.04. The predicted octanol–water partition coefficient (Wildman–Crippen LogP) is 1.73. The molecule has 0 unspecified atom stereocenters. The molecule has 1 aromatic carbocycles. The third kappa shape index (κ3) is 1.82. The number of hydrogen-bond acceptors (Lipinski definition) is 5. The quantitative estimate of drug-likeness (QED) is 0.853. The van der Waals surface area contributed by atoms with Crippen LogP contribution in [-0.2, 0) is 24.2 Å². The largest absolute Gasteiger partial charge is 0.493 e. The second kappa shape index (κ2) is 4.45. The van der Waals surface area contributed by atoms with Crippen LogP contribution in [0.1, 0.15) is 16.8 Å². The van der Waals surface area contributed by atoms with E-state index in [0.717, 1.165) is 42.0 Å². The van der Waals surface area contributed by atoms with Crippen molar-refractivity contribution in [1.29, 1.82) is 0 Å². The summed E-state index contributed by atoms with van der Waals surface area (Å²) in [7, 11) is 0. The lowest BCUT2D eigenvalue weighted by Crippen LogP contribution is -2.16. The van der Waals surface area contributed by atoms with Crippen LogP contribution in [0.25, 0.3) is 11.4 Å². The van der Waals surface area contributed by atoms with Gasteiger partial charge in [-0.2, -0.15) is 0 Å². The molecule has 20 heavy (non-hydrogen) atoms. The lowest BCUT2D eigenvalue weighted by molar-refractivity contribution is 0.109. The molecule has 3 heterocycles. The molecule has 2 aliphatic rings. The third-order valence-electron chi connectivity index (χ3n) is 3.80. The molecule has 2 aliphatic heterocycles. The minimum absolute atomic E-state index is 0.513. The molecular formula is C15H15N3O2. The first-order valence-corrected chi connectivity index (χ1v) is 6.80. The van der Waals surface area contributed by atoms with Gasteiger partial charge >= 0.3 is 0 Å². The van der Waals surface area contributed by atoms with E-state index in [9.17, 15) is 0 Å². The van der Waals surface area contributed by atoms with Crippen molar-refractivity contribution in [3.8, 4) is 17.1 Å². The Morgan fingerprint density at radius 1 is 1.10 bits per heavy atom. The number of ether oxygens (including phenoxy) is 2. The maximum absolute atomic E-state index is 6.04. The van der Waals surface area contributed by atoms with Gasteiger partial charge in [0.15, 0.2) is 5.82 Å². The predicted molar refractivity (Wildman–Crippen MR) is 74.4 cm³/mol. The minimum Gasteiger partial charge on any atom is -0.493 e. The molecule has 2 N–H and O–H groups in total. The summed E-state index contributed by atoms with van der Waals surface area (Å²) in [6, 6.07) is 6.08. The van der Waals surface area contributed by atoms with Crippen LogP contribution in [0.15, 0.2) is 18.2 Å². The molecule has 0 bridgehead atoms. The summed E-state index contributed by atoms with van der Waals surface area (Å²) in [5.41, 5.74) is 10.2. The average molecular weight is 269 g/mol. The highest BCUT2D eigenvalue weighted by Gasteiger charge is 2.19. The van der Waals surface area contributed by atoms with E-state index in [2.05, 4.69) is 16.0 Å². The fraction of sp³-hybridized carbons (Fsp3) is 0.333. The number of rotatable bonds is 1. The number of nitrogen functional groups attached to an aromatic ring is 1. The van der Waals surface area contributed by atoms with Crippen LogP contribution in [0.3, 0.4) is 0 Å². The van der Waals surface area contributed by atoms with Gasteiger partial charge in [-0.15, -0.1) is 0 Å². The summed E-state index contributed by atoms with van der Waals surface area (Å²) in [5, 5.41) is 0. The van der Waals surface area contributed by atoms with Gasteiger partial charge in [0.1, 0.15) is 11.6 Å². The van der Waals surface area contributed by atoms with Crippen LogP contribution < -0.4 is 10.5 Å². The maximum Gasteiger partial charge on any atom is 0.161 e. The van der Waals surface area contributed by atoms with E-state index < -0.39 is 0 Å². The van der Waals surface area contributed by atoms with E-state index in [1.165, 1.54) is 5.56 Å². The normalized spacial score (nSPS) is 16.4.